The topological polar surface area (TPSA) is 66.6 Å². The highest BCUT2D eigenvalue weighted by molar-refractivity contribution is 5.85. The first-order valence-electron chi connectivity index (χ1n) is 7.89. The lowest BCUT2D eigenvalue weighted by atomic mass is 9.92. The molecular weight excluding hydrogens is 290 g/mol. The number of hydrogen-bond donors (Lipinski definition) is 1. The SMILES string of the molecule is CC(N)C1CCCN(C(=O)CN2CCCCCC2=O)C1.Cl. The van der Waals surface area contributed by atoms with Gasteiger partial charge in [0.15, 0.2) is 0 Å². The van der Waals surface area contributed by atoms with Crippen molar-refractivity contribution in [2.75, 3.05) is 26.2 Å². The monoisotopic (exact) mass is 317 g/mol. The van der Waals surface area contributed by atoms with E-state index in [1.54, 1.807) is 4.90 Å². The maximum atomic E-state index is 12.4. The van der Waals surface area contributed by atoms with Gasteiger partial charge in [0.05, 0.1) is 6.54 Å². The Hall–Kier alpha value is -0.810. The van der Waals surface area contributed by atoms with Gasteiger partial charge in [0.25, 0.3) is 0 Å². The van der Waals surface area contributed by atoms with Gasteiger partial charge in [0, 0.05) is 32.1 Å². The van der Waals surface area contributed by atoms with Gasteiger partial charge >= 0.3 is 0 Å². The van der Waals surface area contributed by atoms with Gasteiger partial charge in [-0.25, -0.2) is 0 Å². The minimum Gasteiger partial charge on any atom is -0.341 e. The molecule has 2 unspecified atom stereocenters. The number of nitrogens with zero attached hydrogens (tertiary/aromatic N) is 2. The van der Waals surface area contributed by atoms with Crippen LogP contribution in [0.2, 0.25) is 0 Å². The predicted octanol–water partition coefficient (Wildman–Crippen LogP) is 1.40. The molecule has 0 saturated carbocycles. The van der Waals surface area contributed by atoms with Crippen LogP contribution in [0.4, 0.5) is 0 Å². The number of carbonyl (C=O) groups excluding carboxylic acids is 2. The number of hydrogen-bond acceptors (Lipinski definition) is 3. The van der Waals surface area contributed by atoms with Crippen molar-refractivity contribution in [1.29, 1.82) is 0 Å². The van der Waals surface area contributed by atoms with Crippen LogP contribution in [-0.4, -0.2) is 53.8 Å². The van der Waals surface area contributed by atoms with E-state index in [4.69, 9.17) is 5.73 Å². The fourth-order valence-electron chi connectivity index (χ4n) is 3.13. The van der Waals surface area contributed by atoms with Gasteiger partial charge in [0.1, 0.15) is 0 Å². The van der Waals surface area contributed by atoms with Crippen LogP contribution in [0.25, 0.3) is 0 Å². The number of carbonyl (C=O) groups is 2. The summed E-state index contributed by atoms with van der Waals surface area (Å²) >= 11 is 0. The minimum absolute atomic E-state index is 0. The van der Waals surface area contributed by atoms with Crippen molar-refractivity contribution in [3.8, 4) is 0 Å². The highest BCUT2D eigenvalue weighted by atomic mass is 35.5. The van der Waals surface area contributed by atoms with Crippen LogP contribution in [-0.2, 0) is 9.59 Å². The maximum Gasteiger partial charge on any atom is 0.242 e. The molecule has 2 amide bonds. The Labute approximate surface area is 133 Å². The van der Waals surface area contributed by atoms with Crippen LogP contribution in [0.3, 0.4) is 0 Å². The predicted molar refractivity (Wildman–Crippen MR) is 85.2 cm³/mol. The lowest BCUT2D eigenvalue weighted by Gasteiger charge is -2.35. The zero-order valence-corrected chi connectivity index (χ0v) is 13.7. The first-order valence-corrected chi connectivity index (χ1v) is 7.89. The van der Waals surface area contributed by atoms with Crippen LogP contribution >= 0.6 is 12.4 Å². The standard InChI is InChI=1S/C15H27N3O2.ClH/c1-12(16)13-6-5-9-17(10-13)15(20)11-18-8-4-2-3-7-14(18)19;/h12-13H,2-11,16H2,1H3;1H. The van der Waals surface area contributed by atoms with Gasteiger partial charge in [-0.15, -0.1) is 12.4 Å². The van der Waals surface area contributed by atoms with E-state index < -0.39 is 0 Å². The number of piperidine rings is 1. The molecular formula is C15H28ClN3O2. The van der Waals surface area contributed by atoms with Gasteiger partial charge in [-0.05, 0) is 38.5 Å². The summed E-state index contributed by atoms with van der Waals surface area (Å²) in [7, 11) is 0. The highest BCUT2D eigenvalue weighted by Gasteiger charge is 2.28. The van der Waals surface area contributed by atoms with E-state index in [-0.39, 0.29) is 36.8 Å². The molecule has 2 saturated heterocycles. The van der Waals surface area contributed by atoms with Crippen molar-refractivity contribution in [2.45, 2.75) is 51.5 Å². The summed E-state index contributed by atoms with van der Waals surface area (Å²) in [5.74, 6) is 0.620. The molecule has 0 aromatic heterocycles. The molecule has 0 aliphatic carbocycles. The number of rotatable bonds is 3. The quantitative estimate of drug-likeness (QED) is 0.855. The third-order valence-corrected chi connectivity index (χ3v) is 4.55. The third-order valence-electron chi connectivity index (χ3n) is 4.55. The molecule has 0 radical (unpaired) electrons. The lowest BCUT2D eigenvalue weighted by molar-refractivity contribution is -0.141. The van der Waals surface area contributed by atoms with E-state index >= 15 is 0 Å². The molecule has 0 aromatic rings. The normalized spacial score (nSPS) is 25.0. The Morgan fingerprint density at radius 2 is 2.05 bits per heavy atom. The zero-order chi connectivity index (χ0) is 14.5. The van der Waals surface area contributed by atoms with E-state index in [0.717, 1.165) is 51.7 Å². The summed E-state index contributed by atoms with van der Waals surface area (Å²) in [6.45, 7) is 4.55. The van der Waals surface area contributed by atoms with Crippen molar-refractivity contribution in [3.63, 3.8) is 0 Å². The van der Waals surface area contributed by atoms with Crippen LogP contribution in [0.1, 0.15) is 45.4 Å². The van der Waals surface area contributed by atoms with Gasteiger partial charge in [-0.1, -0.05) is 6.42 Å². The molecule has 2 rings (SSSR count). The molecule has 0 spiro atoms. The molecule has 0 bridgehead atoms. The number of likely N-dealkylation sites (tertiary alicyclic amines) is 2. The molecule has 2 heterocycles. The van der Waals surface area contributed by atoms with E-state index in [1.165, 1.54) is 0 Å². The van der Waals surface area contributed by atoms with Crippen molar-refractivity contribution >= 4 is 24.2 Å². The minimum atomic E-state index is 0. The van der Waals surface area contributed by atoms with E-state index in [1.807, 2.05) is 11.8 Å². The maximum absolute atomic E-state index is 12.4. The second-order valence-electron chi connectivity index (χ2n) is 6.23. The first kappa shape index (κ1) is 18.2. The van der Waals surface area contributed by atoms with Crippen molar-refractivity contribution < 1.29 is 9.59 Å². The second kappa shape index (κ2) is 8.59. The molecule has 2 atom stereocenters. The average Bonchev–Trinajstić information content (AvgIpc) is 2.64. The Morgan fingerprint density at radius 3 is 2.76 bits per heavy atom. The summed E-state index contributed by atoms with van der Waals surface area (Å²) in [6.07, 6.45) is 5.78. The number of halogens is 1. The third kappa shape index (κ3) is 5.15. The van der Waals surface area contributed by atoms with Crippen LogP contribution in [0.5, 0.6) is 0 Å². The molecule has 122 valence electrons. The summed E-state index contributed by atoms with van der Waals surface area (Å²) < 4.78 is 0. The zero-order valence-electron chi connectivity index (χ0n) is 12.9. The molecule has 2 N–H and O–H groups in total. The van der Waals surface area contributed by atoms with Crippen LogP contribution in [0, 0.1) is 5.92 Å². The highest BCUT2D eigenvalue weighted by Crippen LogP contribution is 2.19. The lowest BCUT2D eigenvalue weighted by Crippen LogP contribution is -2.49. The summed E-state index contributed by atoms with van der Waals surface area (Å²) in [6, 6.07) is 0.130. The number of amides is 2. The molecule has 6 heteroatoms. The second-order valence-corrected chi connectivity index (χ2v) is 6.23. The van der Waals surface area contributed by atoms with Crippen molar-refractivity contribution in [3.05, 3.63) is 0 Å². The molecule has 2 aliphatic heterocycles. The Kier molecular flexibility index (Phi) is 7.46. The molecule has 21 heavy (non-hydrogen) atoms. The van der Waals surface area contributed by atoms with E-state index in [0.29, 0.717) is 12.3 Å². The molecule has 5 nitrogen and oxygen atoms in total. The fourth-order valence-corrected chi connectivity index (χ4v) is 3.13. The summed E-state index contributed by atoms with van der Waals surface area (Å²) in [5, 5.41) is 0. The number of nitrogens with two attached hydrogens (primary N) is 1. The summed E-state index contributed by atoms with van der Waals surface area (Å²) in [4.78, 5) is 28.0. The largest absolute Gasteiger partial charge is 0.341 e. The summed E-state index contributed by atoms with van der Waals surface area (Å²) in [5.41, 5.74) is 5.95. The Bertz CT molecular complexity index is 363. The van der Waals surface area contributed by atoms with Crippen LogP contribution in [0.15, 0.2) is 0 Å². The van der Waals surface area contributed by atoms with Crippen LogP contribution < -0.4 is 5.73 Å². The van der Waals surface area contributed by atoms with Crippen molar-refractivity contribution in [1.82, 2.24) is 9.80 Å². The fraction of sp³-hybridized carbons (Fsp3) is 0.867. The Morgan fingerprint density at radius 1 is 1.29 bits per heavy atom. The van der Waals surface area contributed by atoms with Gasteiger partial charge in [-0.2, -0.15) is 0 Å². The Balaban J connectivity index is 0.00000220. The van der Waals surface area contributed by atoms with E-state index in [9.17, 15) is 9.59 Å². The molecule has 2 fully saturated rings. The van der Waals surface area contributed by atoms with Gasteiger partial charge < -0.3 is 15.5 Å². The van der Waals surface area contributed by atoms with Crippen molar-refractivity contribution in [2.24, 2.45) is 11.7 Å². The smallest absolute Gasteiger partial charge is 0.242 e. The molecule has 0 aromatic carbocycles. The van der Waals surface area contributed by atoms with Gasteiger partial charge in [0.2, 0.25) is 11.8 Å². The molecule has 2 aliphatic rings. The van der Waals surface area contributed by atoms with Gasteiger partial charge in [-0.3, -0.25) is 9.59 Å². The van der Waals surface area contributed by atoms with E-state index in [2.05, 4.69) is 0 Å². The average molecular weight is 318 g/mol. The first-order chi connectivity index (χ1) is 9.58.